The Morgan fingerprint density at radius 3 is 2.67 bits per heavy atom. The molecule has 1 aromatic heterocycles. The topological polar surface area (TPSA) is 67.2 Å². The maximum atomic E-state index is 13.5. The van der Waals surface area contributed by atoms with Crippen LogP contribution in [0, 0.1) is 5.92 Å². The van der Waals surface area contributed by atoms with E-state index >= 15 is 0 Å². The van der Waals surface area contributed by atoms with Gasteiger partial charge in [0, 0.05) is 24.1 Å². The van der Waals surface area contributed by atoms with E-state index in [9.17, 15) is 4.79 Å². The van der Waals surface area contributed by atoms with Gasteiger partial charge in [-0.1, -0.05) is 36.2 Å². The second kappa shape index (κ2) is 6.41. The van der Waals surface area contributed by atoms with Crippen LogP contribution < -0.4 is 10.6 Å². The Morgan fingerprint density at radius 1 is 1.11 bits per heavy atom. The number of benzene rings is 2. The van der Waals surface area contributed by atoms with Crippen LogP contribution in [-0.4, -0.2) is 17.5 Å². The fourth-order valence-corrected chi connectivity index (χ4v) is 4.70. The number of nitrogens with zero attached hydrogens (tertiary/aromatic N) is 1. The first-order valence-corrected chi connectivity index (χ1v) is 9.84. The summed E-state index contributed by atoms with van der Waals surface area (Å²) in [5.41, 5.74) is 4.23. The summed E-state index contributed by atoms with van der Waals surface area (Å²) in [6, 6.07) is 12.0. The quantitative estimate of drug-likeness (QED) is 0.645. The van der Waals surface area contributed by atoms with Crippen molar-refractivity contribution in [2.75, 3.05) is 17.2 Å². The number of fused-ring (bicyclic) bond motifs is 2. The van der Waals surface area contributed by atoms with Crippen LogP contribution in [0.15, 0.2) is 40.9 Å². The van der Waals surface area contributed by atoms with E-state index in [4.69, 9.17) is 4.52 Å². The van der Waals surface area contributed by atoms with Crippen LogP contribution in [0.25, 0.3) is 10.9 Å². The molecule has 0 aliphatic heterocycles. The monoisotopic (exact) mass is 361 g/mol. The van der Waals surface area contributed by atoms with Gasteiger partial charge in [0.25, 0.3) is 0 Å². The van der Waals surface area contributed by atoms with Crippen molar-refractivity contribution >= 4 is 33.7 Å². The normalized spacial score (nSPS) is 21.1. The highest BCUT2D eigenvalue weighted by atomic mass is 16.5. The van der Waals surface area contributed by atoms with Gasteiger partial charge < -0.3 is 15.2 Å². The number of carbonyl (C=O) groups excluding carboxylic acids is 1. The second-order valence-corrected chi connectivity index (χ2v) is 7.50. The van der Waals surface area contributed by atoms with E-state index in [1.165, 1.54) is 0 Å². The number of nitrogens with one attached hydrogen (secondary N) is 2. The van der Waals surface area contributed by atoms with Gasteiger partial charge in [-0.2, -0.15) is 0 Å². The minimum absolute atomic E-state index is 0.0173. The van der Waals surface area contributed by atoms with E-state index in [2.05, 4.69) is 22.7 Å². The highest BCUT2D eigenvalue weighted by molar-refractivity contribution is 6.18. The molecule has 1 heterocycles. The minimum Gasteiger partial charge on any atom is -0.383 e. The molecule has 138 valence electrons. The highest BCUT2D eigenvalue weighted by Crippen LogP contribution is 2.50. The predicted molar refractivity (Wildman–Crippen MR) is 107 cm³/mol. The second-order valence-electron chi connectivity index (χ2n) is 7.50. The Labute approximate surface area is 158 Å². The van der Waals surface area contributed by atoms with Crippen molar-refractivity contribution < 1.29 is 9.32 Å². The Morgan fingerprint density at radius 2 is 1.89 bits per heavy atom. The van der Waals surface area contributed by atoms with Crippen molar-refractivity contribution in [3.63, 3.8) is 0 Å². The summed E-state index contributed by atoms with van der Waals surface area (Å²) in [7, 11) is 0. The molecule has 0 unspecified atom stereocenters. The lowest BCUT2D eigenvalue weighted by molar-refractivity contribution is 0.0849. The van der Waals surface area contributed by atoms with E-state index in [-0.39, 0.29) is 17.6 Å². The summed E-state index contributed by atoms with van der Waals surface area (Å²) in [6.45, 7) is 2.83. The van der Waals surface area contributed by atoms with E-state index in [0.717, 1.165) is 71.5 Å². The van der Waals surface area contributed by atoms with Crippen molar-refractivity contribution in [2.45, 2.75) is 38.5 Å². The molecule has 0 spiro atoms. The van der Waals surface area contributed by atoms with E-state index in [1.54, 1.807) is 0 Å². The number of hydrogen-bond acceptors (Lipinski definition) is 5. The summed E-state index contributed by atoms with van der Waals surface area (Å²) < 4.78 is 5.84. The van der Waals surface area contributed by atoms with Gasteiger partial charge in [0.05, 0.1) is 22.3 Å². The van der Waals surface area contributed by atoms with Gasteiger partial charge in [-0.3, -0.25) is 4.79 Å². The molecule has 1 saturated carbocycles. The molecule has 3 aromatic rings. The van der Waals surface area contributed by atoms with Gasteiger partial charge in [0.1, 0.15) is 11.3 Å². The molecule has 2 N–H and O–H groups in total. The van der Waals surface area contributed by atoms with Crippen molar-refractivity contribution in [2.24, 2.45) is 5.92 Å². The van der Waals surface area contributed by atoms with Crippen LogP contribution in [0.2, 0.25) is 0 Å². The van der Waals surface area contributed by atoms with E-state index < -0.39 is 0 Å². The summed E-state index contributed by atoms with van der Waals surface area (Å²) in [6.07, 6.45) is 4.20. The molecular formula is C22H23N3O2. The van der Waals surface area contributed by atoms with Crippen LogP contribution in [0.5, 0.6) is 0 Å². The fraction of sp³-hybridized carbons (Fsp3) is 0.364. The molecule has 5 heteroatoms. The first-order valence-electron chi connectivity index (χ1n) is 9.84. The molecule has 5 rings (SSSR count). The van der Waals surface area contributed by atoms with E-state index in [0.29, 0.717) is 0 Å². The Balaban J connectivity index is 1.74. The van der Waals surface area contributed by atoms with Crippen LogP contribution in [0.4, 0.5) is 17.1 Å². The third-order valence-electron chi connectivity index (χ3n) is 5.89. The molecule has 2 atom stereocenters. The minimum atomic E-state index is 0.0173. The van der Waals surface area contributed by atoms with Crippen molar-refractivity contribution in [3.8, 4) is 0 Å². The van der Waals surface area contributed by atoms with Gasteiger partial charge in [-0.25, -0.2) is 0 Å². The third-order valence-corrected chi connectivity index (χ3v) is 5.89. The number of aromatic nitrogens is 1. The Hall–Kier alpha value is -2.82. The largest absolute Gasteiger partial charge is 0.383 e. The number of ketones is 1. The third kappa shape index (κ3) is 2.52. The fourth-order valence-electron chi connectivity index (χ4n) is 4.70. The molecule has 2 aliphatic carbocycles. The lowest BCUT2D eigenvalue weighted by Gasteiger charge is -2.33. The maximum Gasteiger partial charge on any atom is 0.169 e. The molecule has 1 fully saturated rings. The van der Waals surface area contributed by atoms with Crippen LogP contribution in [0.1, 0.15) is 54.6 Å². The average Bonchev–Trinajstić information content (AvgIpc) is 3.14. The van der Waals surface area contributed by atoms with Crippen LogP contribution >= 0.6 is 0 Å². The summed E-state index contributed by atoms with van der Waals surface area (Å²) in [4.78, 5) is 13.5. The molecule has 2 aliphatic rings. The highest BCUT2D eigenvalue weighted by Gasteiger charge is 2.43. The van der Waals surface area contributed by atoms with Crippen molar-refractivity contribution in [1.82, 2.24) is 5.16 Å². The Bertz CT molecular complexity index is 1010. The first kappa shape index (κ1) is 16.4. The van der Waals surface area contributed by atoms with Gasteiger partial charge in [-0.05, 0) is 38.0 Å². The summed E-state index contributed by atoms with van der Waals surface area (Å²) >= 11 is 0. The van der Waals surface area contributed by atoms with Gasteiger partial charge in [0.2, 0.25) is 0 Å². The lowest BCUT2D eigenvalue weighted by Crippen LogP contribution is -2.30. The number of rotatable bonds is 4. The molecule has 0 bridgehead atoms. The van der Waals surface area contributed by atoms with E-state index in [1.807, 2.05) is 36.4 Å². The first-order chi connectivity index (χ1) is 13.3. The maximum absolute atomic E-state index is 13.5. The molecule has 2 aromatic carbocycles. The zero-order valence-electron chi connectivity index (χ0n) is 15.4. The number of hydrogen-bond donors (Lipinski definition) is 2. The zero-order valence-corrected chi connectivity index (χ0v) is 15.4. The van der Waals surface area contributed by atoms with Crippen LogP contribution in [-0.2, 0) is 0 Å². The molecule has 27 heavy (non-hydrogen) atoms. The molecule has 0 radical (unpaired) electrons. The SMILES string of the molecule is CCNc1cc(Nc2ccccc2)c2c3c(onc13)[C@@H]1CCCC[C@@H]1C2=O. The van der Waals surface area contributed by atoms with Crippen LogP contribution in [0.3, 0.4) is 0 Å². The lowest BCUT2D eigenvalue weighted by atomic mass is 9.69. The molecule has 0 saturated heterocycles. The standard InChI is InChI=1S/C22H23N3O2/c1-2-23-17-12-16(24-13-8-4-3-5-9-13)18-19-20(17)25-27-22(19)15-11-7-6-10-14(15)21(18)26/h3-5,8-9,12,14-15,23-24H,2,6-7,10-11H2,1H3/t14-,15+/m0/s1. The van der Waals surface area contributed by atoms with Crippen molar-refractivity contribution in [1.29, 1.82) is 0 Å². The predicted octanol–water partition coefficient (Wildman–Crippen LogP) is 5.47. The average molecular weight is 361 g/mol. The van der Waals surface area contributed by atoms with Crippen molar-refractivity contribution in [3.05, 3.63) is 47.7 Å². The van der Waals surface area contributed by atoms with Gasteiger partial charge in [0.15, 0.2) is 5.78 Å². The smallest absolute Gasteiger partial charge is 0.169 e. The summed E-state index contributed by atoms with van der Waals surface area (Å²) in [5.74, 6) is 1.33. The number of anilines is 3. The molecule has 5 nitrogen and oxygen atoms in total. The number of para-hydroxylation sites is 1. The van der Waals surface area contributed by atoms with Gasteiger partial charge in [-0.15, -0.1) is 0 Å². The van der Waals surface area contributed by atoms with Gasteiger partial charge >= 0.3 is 0 Å². The number of Topliss-reactive ketones (excluding diaryl/α,β-unsaturated/α-hetero) is 1. The molecular weight excluding hydrogens is 338 g/mol. The number of carbonyl (C=O) groups is 1. The summed E-state index contributed by atoms with van der Waals surface area (Å²) in [5, 5.41) is 12.1. The molecule has 0 amide bonds. The Kier molecular flexibility index (Phi) is 3.88. The zero-order chi connectivity index (χ0) is 18.4.